The molecule has 0 fully saturated rings. The van der Waals surface area contributed by atoms with Crippen molar-refractivity contribution in [2.24, 2.45) is 11.7 Å². The van der Waals surface area contributed by atoms with Crippen LogP contribution in [0.4, 0.5) is 0 Å². The van der Waals surface area contributed by atoms with Crippen LogP contribution in [0.1, 0.15) is 25.0 Å². The Kier molecular flexibility index (Phi) is 5.05. The summed E-state index contributed by atoms with van der Waals surface area (Å²) in [5, 5.41) is 7.04. The van der Waals surface area contributed by atoms with Crippen molar-refractivity contribution in [3.8, 4) is 0 Å². The maximum absolute atomic E-state index is 12.0. The second kappa shape index (κ2) is 6.99. The Balaban J connectivity index is 2.02. The van der Waals surface area contributed by atoms with Crippen LogP contribution in [0.25, 0.3) is 0 Å². The first kappa shape index (κ1) is 15.2. The third kappa shape index (κ3) is 4.13. The van der Waals surface area contributed by atoms with Gasteiger partial charge in [0.2, 0.25) is 5.91 Å². The van der Waals surface area contributed by atoms with Gasteiger partial charge in [-0.15, -0.1) is 0 Å². The van der Waals surface area contributed by atoms with Gasteiger partial charge in [0.25, 0.3) is 0 Å². The summed E-state index contributed by atoms with van der Waals surface area (Å²) < 4.78 is 1.76. The zero-order valence-electron chi connectivity index (χ0n) is 12.4. The highest BCUT2D eigenvalue weighted by Crippen LogP contribution is 2.10. The van der Waals surface area contributed by atoms with Gasteiger partial charge in [-0.2, -0.15) is 5.10 Å². The second-order valence-electron chi connectivity index (χ2n) is 5.23. The topological polar surface area (TPSA) is 85.8 Å². The van der Waals surface area contributed by atoms with Gasteiger partial charge in [0.15, 0.2) is 0 Å². The summed E-state index contributed by atoms with van der Waals surface area (Å²) in [5.74, 6) is -0.229. The van der Waals surface area contributed by atoms with E-state index in [4.69, 9.17) is 5.73 Å². The minimum atomic E-state index is -0.201. The van der Waals surface area contributed by atoms with E-state index in [0.717, 1.165) is 11.1 Å². The highest BCUT2D eigenvalue weighted by molar-refractivity contribution is 5.78. The van der Waals surface area contributed by atoms with Crippen LogP contribution in [0.2, 0.25) is 0 Å². The van der Waals surface area contributed by atoms with Gasteiger partial charge in [0.05, 0.1) is 6.54 Å². The molecule has 2 atom stereocenters. The van der Waals surface area contributed by atoms with Crippen LogP contribution in [0, 0.1) is 5.92 Å². The van der Waals surface area contributed by atoms with Gasteiger partial charge in [0.1, 0.15) is 12.7 Å². The van der Waals surface area contributed by atoms with Crippen molar-refractivity contribution in [3.05, 3.63) is 48.0 Å². The zero-order chi connectivity index (χ0) is 15.2. The molecule has 0 aliphatic rings. The molecule has 0 saturated heterocycles. The summed E-state index contributed by atoms with van der Waals surface area (Å²) in [6, 6.07) is 7.81. The van der Waals surface area contributed by atoms with Gasteiger partial charge < -0.3 is 11.1 Å². The van der Waals surface area contributed by atoms with Crippen molar-refractivity contribution in [3.63, 3.8) is 0 Å². The number of hydrogen-bond donors (Lipinski definition) is 2. The molecule has 1 aromatic carbocycles. The van der Waals surface area contributed by atoms with Crippen LogP contribution in [-0.2, 0) is 17.9 Å². The molecule has 1 aromatic heterocycles. The fourth-order valence-corrected chi connectivity index (χ4v) is 1.96. The van der Waals surface area contributed by atoms with Crippen LogP contribution in [0.15, 0.2) is 36.9 Å². The number of hydrogen-bond acceptors (Lipinski definition) is 4. The van der Waals surface area contributed by atoms with E-state index >= 15 is 0 Å². The Morgan fingerprint density at radius 3 is 2.67 bits per heavy atom. The molecular weight excluding hydrogens is 266 g/mol. The molecule has 0 bridgehead atoms. The summed E-state index contributed by atoms with van der Waals surface area (Å²) in [4.78, 5) is 15.9. The number of rotatable bonds is 6. The lowest BCUT2D eigenvalue weighted by atomic mass is 10.0. The molecule has 1 heterocycles. The first-order valence-corrected chi connectivity index (χ1v) is 7.00. The lowest BCUT2D eigenvalue weighted by Crippen LogP contribution is -2.38. The summed E-state index contributed by atoms with van der Waals surface area (Å²) in [5.41, 5.74) is 7.92. The normalized spacial score (nSPS) is 13.7. The van der Waals surface area contributed by atoms with Crippen LogP contribution in [0.5, 0.6) is 0 Å². The monoisotopic (exact) mass is 287 g/mol. The second-order valence-corrected chi connectivity index (χ2v) is 5.23. The van der Waals surface area contributed by atoms with Crippen molar-refractivity contribution in [2.75, 3.05) is 0 Å². The van der Waals surface area contributed by atoms with Gasteiger partial charge in [0, 0.05) is 18.5 Å². The summed E-state index contributed by atoms with van der Waals surface area (Å²) >= 11 is 0. The van der Waals surface area contributed by atoms with E-state index in [2.05, 4.69) is 15.4 Å². The van der Waals surface area contributed by atoms with Gasteiger partial charge in [-0.1, -0.05) is 31.2 Å². The maximum Gasteiger partial charge on any atom is 0.224 e. The molecular formula is C15H21N5O. The van der Waals surface area contributed by atoms with Crippen LogP contribution < -0.4 is 11.1 Å². The molecule has 3 N–H and O–H groups in total. The molecule has 0 radical (unpaired) electrons. The minimum Gasteiger partial charge on any atom is -0.352 e. The molecule has 2 unspecified atom stereocenters. The predicted octanol–water partition coefficient (Wildman–Crippen LogP) is 0.926. The third-order valence-electron chi connectivity index (χ3n) is 3.57. The van der Waals surface area contributed by atoms with Gasteiger partial charge in [-0.25, -0.2) is 9.67 Å². The Hall–Kier alpha value is -2.21. The molecule has 0 spiro atoms. The molecule has 6 nitrogen and oxygen atoms in total. The van der Waals surface area contributed by atoms with E-state index in [0.29, 0.717) is 13.1 Å². The molecule has 0 saturated carbocycles. The number of carbonyl (C=O) groups excluding carboxylic acids is 1. The van der Waals surface area contributed by atoms with Crippen molar-refractivity contribution < 1.29 is 4.79 Å². The van der Waals surface area contributed by atoms with E-state index in [1.807, 2.05) is 38.1 Å². The Morgan fingerprint density at radius 1 is 1.33 bits per heavy atom. The highest BCUT2D eigenvalue weighted by Gasteiger charge is 2.16. The maximum atomic E-state index is 12.0. The summed E-state index contributed by atoms with van der Waals surface area (Å²) in [7, 11) is 0. The SMILES string of the molecule is CC(N)C(C)C(=O)NCc1ccccc1Cn1cncn1. The number of nitrogens with one attached hydrogen (secondary N) is 1. The van der Waals surface area contributed by atoms with Gasteiger partial charge in [-0.3, -0.25) is 4.79 Å². The number of amides is 1. The van der Waals surface area contributed by atoms with Crippen molar-refractivity contribution in [2.45, 2.75) is 33.0 Å². The molecule has 21 heavy (non-hydrogen) atoms. The molecule has 2 rings (SSSR count). The van der Waals surface area contributed by atoms with E-state index in [-0.39, 0.29) is 17.9 Å². The first-order chi connectivity index (χ1) is 10.1. The van der Waals surface area contributed by atoms with Crippen LogP contribution >= 0.6 is 0 Å². The molecule has 1 amide bonds. The highest BCUT2D eigenvalue weighted by atomic mass is 16.1. The Labute approximate surface area is 124 Å². The van der Waals surface area contributed by atoms with E-state index < -0.39 is 0 Å². The molecule has 0 aliphatic heterocycles. The Morgan fingerprint density at radius 2 is 2.05 bits per heavy atom. The average molecular weight is 287 g/mol. The number of aromatic nitrogens is 3. The minimum absolute atomic E-state index is 0.0273. The van der Waals surface area contributed by atoms with Crippen LogP contribution in [0.3, 0.4) is 0 Å². The van der Waals surface area contributed by atoms with Crippen LogP contribution in [-0.4, -0.2) is 26.7 Å². The van der Waals surface area contributed by atoms with Gasteiger partial charge in [-0.05, 0) is 18.1 Å². The van der Waals surface area contributed by atoms with E-state index in [9.17, 15) is 4.79 Å². The lowest BCUT2D eigenvalue weighted by molar-refractivity contribution is -0.125. The van der Waals surface area contributed by atoms with Crippen molar-refractivity contribution >= 4 is 5.91 Å². The standard InChI is InChI=1S/C15H21N5O/c1-11(12(2)16)15(21)18-7-13-5-3-4-6-14(13)8-20-10-17-9-19-20/h3-6,9-12H,7-8,16H2,1-2H3,(H,18,21). The Bertz CT molecular complexity index is 580. The van der Waals surface area contributed by atoms with Crippen molar-refractivity contribution in [1.29, 1.82) is 0 Å². The summed E-state index contributed by atoms with van der Waals surface area (Å²) in [6.45, 7) is 4.79. The number of benzene rings is 1. The largest absolute Gasteiger partial charge is 0.352 e. The molecule has 112 valence electrons. The predicted molar refractivity (Wildman–Crippen MR) is 80.2 cm³/mol. The fourth-order valence-electron chi connectivity index (χ4n) is 1.96. The molecule has 2 aromatic rings. The number of carbonyl (C=O) groups is 1. The molecule has 6 heteroatoms. The molecule has 0 aliphatic carbocycles. The number of nitrogens with zero attached hydrogens (tertiary/aromatic N) is 3. The van der Waals surface area contributed by atoms with Crippen molar-refractivity contribution in [1.82, 2.24) is 20.1 Å². The zero-order valence-corrected chi connectivity index (χ0v) is 12.4. The fraction of sp³-hybridized carbons (Fsp3) is 0.400. The quantitative estimate of drug-likeness (QED) is 0.827. The van der Waals surface area contributed by atoms with E-state index in [1.165, 1.54) is 6.33 Å². The average Bonchev–Trinajstić information content (AvgIpc) is 2.98. The van der Waals surface area contributed by atoms with E-state index in [1.54, 1.807) is 11.0 Å². The third-order valence-corrected chi connectivity index (χ3v) is 3.57. The lowest BCUT2D eigenvalue weighted by Gasteiger charge is -2.16. The first-order valence-electron chi connectivity index (χ1n) is 7.00. The van der Waals surface area contributed by atoms with Gasteiger partial charge >= 0.3 is 0 Å². The number of nitrogens with two attached hydrogens (primary N) is 1. The summed E-state index contributed by atoms with van der Waals surface area (Å²) in [6.07, 6.45) is 3.18. The smallest absolute Gasteiger partial charge is 0.224 e.